The first-order valence-corrected chi connectivity index (χ1v) is 9.99. The van der Waals surface area contributed by atoms with Gasteiger partial charge in [0.05, 0.1) is 13.7 Å². The largest absolute Gasteiger partial charge is 0.746 e. The van der Waals surface area contributed by atoms with E-state index in [2.05, 4.69) is 12.2 Å². The summed E-state index contributed by atoms with van der Waals surface area (Å²) in [6, 6.07) is 6.09. The standard InChI is InChI=1S/C17H28NO6P/c1-3-4-5-6-7-8-17(19)18-13-14-23-25(20,21)24-16-11-9-15(22-2)10-12-16/h9-12H,3-8,13-14H2,1-2H3,(H,18,19)(H,20,21)/p-1. The number of phosphoric ester groups is 1. The van der Waals surface area contributed by atoms with E-state index in [0.717, 1.165) is 25.7 Å². The first kappa shape index (κ1) is 21.5. The van der Waals surface area contributed by atoms with Crippen LogP contribution in [0.25, 0.3) is 0 Å². The van der Waals surface area contributed by atoms with Gasteiger partial charge in [-0.1, -0.05) is 32.6 Å². The lowest BCUT2D eigenvalue weighted by molar-refractivity contribution is -0.216. The Balaban J connectivity index is 2.18. The van der Waals surface area contributed by atoms with Crippen molar-refractivity contribution >= 4 is 13.7 Å². The molecular formula is C17H27NO6P-. The van der Waals surface area contributed by atoms with Gasteiger partial charge in [0.1, 0.15) is 11.5 Å². The number of rotatable bonds is 13. The van der Waals surface area contributed by atoms with Crippen LogP contribution >= 0.6 is 7.82 Å². The third kappa shape index (κ3) is 10.1. The van der Waals surface area contributed by atoms with Gasteiger partial charge < -0.3 is 24.0 Å². The van der Waals surface area contributed by atoms with Crippen molar-refractivity contribution in [2.24, 2.45) is 0 Å². The van der Waals surface area contributed by atoms with E-state index in [1.807, 2.05) is 0 Å². The summed E-state index contributed by atoms with van der Waals surface area (Å²) >= 11 is 0. The van der Waals surface area contributed by atoms with Gasteiger partial charge in [-0.15, -0.1) is 0 Å². The maximum absolute atomic E-state index is 11.7. The van der Waals surface area contributed by atoms with Crippen molar-refractivity contribution in [3.8, 4) is 11.5 Å². The molecule has 1 aromatic carbocycles. The molecule has 0 radical (unpaired) electrons. The van der Waals surface area contributed by atoms with E-state index in [9.17, 15) is 14.3 Å². The highest BCUT2D eigenvalue weighted by Gasteiger charge is 2.11. The molecular weight excluding hydrogens is 345 g/mol. The molecule has 0 spiro atoms. The van der Waals surface area contributed by atoms with Crippen LogP contribution in [0, 0.1) is 0 Å². The topological polar surface area (TPSA) is 96.9 Å². The Morgan fingerprint density at radius 1 is 1.12 bits per heavy atom. The summed E-state index contributed by atoms with van der Waals surface area (Å²) in [4.78, 5) is 23.3. The van der Waals surface area contributed by atoms with E-state index in [1.165, 1.54) is 25.7 Å². The third-order valence-corrected chi connectivity index (χ3v) is 4.39. The molecule has 1 N–H and O–H groups in total. The monoisotopic (exact) mass is 372 g/mol. The molecule has 0 aromatic heterocycles. The van der Waals surface area contributed by atoms with Gasteiger partial charge in [0.2, 0.25) is 5.91 Å². The van der Waals surface area contributed by atoms with Crippen molar-refractivity contribution < 1.29 is 28.0 Å². The van der Waals surface area contributed by atoms with Gasteiger partial charge in [-0.2, -0.15) is 0 Å². The molecule has 0 aliphatic carbocycles. The summed E-state index contributed by atoms with van der Waals surface area (Å²) in [6.45, 7) is 2.09. The first-order chi connectivity index (χ1) is 12.0. The van der Waals surface area contributed by atoms with Crippen LogP contribution in [0.2, 0.25) is 0 Å². The number of amides is 1. The van der Waals surface area contributed by atoms with Crippen molar-refractivity contribution in [2.45, 2.75) is 45.4 Å². The smallest absolute Gasteiger partial charge is 0.319 e. The zero-order chi connectivity index (χ0) is 18.5. The zero-order valence-electron chi connectivity index (χ0n) is 14.9. The summed E-state index contributed by atoms with van der Waals surface area (Å²) in [5, 5.41) is 2.63. The summed E-state index contributed by atoms with van der Waals surface area (Å²) < 4.78 is 26.2. The molecule has 7 nitrogen and oxygen atoms in total. The van der Waals surface area contributed by atoms with Crippen molar-refractivity contribution in [3.05, 3.63) is 24.3 Å². The van der Waals surface area contributed by atoms with Crippen molar-refractivity contribution in [1.82, 2.24) is 5.32 Å². The van der Waals surface area contributed by atoms with Gasteiger partial charge in [-0.3, -0.25) is 9.36 Å². The van der Waals surface area contributed by atoms with E-state index in [-0.39, 0.29) is 24.8 Å². The molecule has 0 saturated carbocycles. The molecule has 0 fully saturated rings. The lowest BCUT2D eigenvalue weighted by atomic mass is 10.1. The predicted molar refractivity (Wildman–Crippen MR) is 93.6 cm³/mol. The molecule has 142 valence electrons. The molecule has 8 heteroatoms. The molecule has 0 heterocycles. The van der Waals surface area contributed by atoms with Gasteiger partial charge in [0, 0.05) is 13.0 Å². The highest BCUT2D eigenvalue weighted by molar-refractivity contribution is 7.46. The minimum atomic E-state index is -4.47. The van der Waals surface area contributed by atoms with Crippen LogP contribution < -0.4 is 19.5 Å². The van der Waals surface area contributed by atoms with E-state index in [4.69, 9.17) is 13.8 Å². The summed E-state index contributed by atoms with van der Waals surface area (Å²) in [5.41, 5.74) is 0. The number of phosphoric acid groups is 1. The Labute approximate surface area is 149 Å². The minimum Gasteiger partial charge on any atom is -0.746 e. The average molecular weight is 372 g/mol. The number of carbonyl (C=O) groups excluding carboxylic acids is 1. The van der Waals surface area contributed by atoms with Gasteiger partial charge in [-0.05, 0) is 30.7 Å². The number of ether oxygens (including phenoxy) is 1. The lowest BCUT2D eigenvalue weighted by Crippen LogP contribution is -2.27. The van der Waals surface area contributed by atoms with Crippen LogP contribution in [-0.2, 0) is 13.9 Å². The van der Waals surface area contributed by atoms with Gasteiger partial charge in [0.15, 0.2) is 0 Å². The fourth-order valence-corrected chi connectivity index (χ4v) is 2.86. The highest BCUT2D eigenvalue weighted by Crippen LogP contribution is 2.39. The molecule has 1 atom stereocenters. The number of carbonyl (C=O) groups is 1. The fraction of sp³-hybridized carbons (Fsp3) is 0.588. The molecule has 0 aliphatic heterocycles. The Kier molecular flexibility index (Phi) is 10.2. The second-order valence-corrected chi connectivity index (χ2v) is 6.90. The fourth-order valence-electron chi connectivity index (χ4n) is 2.12. The normalized spacial score (nSPS) is 13.1. The number of hydrogen-bond acceptors (Lipinski definition) is 6. The first-order valence-electron chi connectivity index (χ1n) is 8.53. The van der Waals surface area contributed by atoms with Gasteiger partial charge in [-0.25, -0.2) is 0 Å². The second kappa shape index (κ2) is 11.9. The molecule has 0 saturated heterocycles. The Bertz CT molecular complexity index is 549. The van der Waals surface area contributed by atoms with Crippen molar-refractivity contribution in [1.29, 1.82) is 0 Å². The van der Waals surface area contributed by atoms with Crippen LogP contribution in [-0.4, -0.2) is 26.2 Å². The second-order valence-electron chi connectivity index (χ2n) is 5.56. The average Bonchev–Trinajstić information content (AvgIpc) is 2.59. The van der Waals surface area contributed by atoms with E-state index in [0.29, 0.717) is 12.2 Å². The Morgan fingerprint density at radius 3 is 2.40 bits per heavy atom. The number of benzene rings is 1. The van der Waals surface area contributed by atoms with Crippen LogP contribution in [0.15, 0.2) is 24.3 Å². The molecule has 0 bridgehead atoms. The Morgan fingerprint density at radius 2 is 1.76 bits per heavy atom. The van der Waals surface area contributed by atoms with E-state index >= 15 is 0 Å². The maximum Gasteiger partial charge on any atom is 0.319 e. The zero-order valence-corrected chi connectivity index (χ0v) is 15.8. The van der Waals surface area contributed by atoms with Crippen LogP contribution in [0.1, 0.15) is 45.4 Å². The molecule has 1 rings (SSSR count). The lowest BCUT2D eigenvalue weighted by Gasteiger charge is -2.23. The van der Waals surface area contributed by atoms with Crippen LogP contribution in [0.5, 0.6) is 11.5 Å². The van der Waals surface area contributed by atoms with Crippen molar-refractivity contribution in [3.63, 3.8) is 0 Å². The van der Waals surface area contributed by atoms with Crippen LogP contribution in [0.4, 0.5) is 0 Å². The van der Waals surface area contributed by atoms with Crippen molar-refractivity contribution in [2.75, 3.05) is 20.3 Å². The number of unbranched alkanes of at least 4 members (excludes halogenated alkanes) is 4. The summed E-state index contributed by atoms with van der Waals surface area (Å²) in [5.74, 6) is 0.624. The SMILES string of the molecule is CCCCCCCC(=O)NCCOP(=O)([O-])Oc1ccc(OC)cc1. The summed E-state index contributed by atoms with van der Waals surface area (Å²) in [7, 11) is -2.96. The number of hydrogen-bond donors (Lipinski definition) is 1. The minimum absolute atomic E-state index is 0.100. The van der Waals surface area contributed by atoms with E-state index < -0.39 is 7.82 Å². The van der Waals surface area contributed by atoms with Gasteiger partial charge in [0.25, 0.3) is 0 Å². The van der Waals surface area contributed by atoms with Crippen LogP contribution in [0.3, 0.4) is 0 Å². The molecule has 1 amide bonds. The predicted octanol–water partition coefficient (Wildman–Crippen LogP) is 3.04. The summed E-state index contributed by atoms with van der Waals surface area (Å²) in [6.07, 6.45) is 5.80. The maximum atomic E-state index is 11.7. The molecule has 0 aliphatic rings. The quantitative estimate of drug-likeness (QED) is 0.422. The van der Waals surface area contributed by atoms with Gasteiger partial charge >= 0.3 is 7.82 Å². The number of methoxy groups -OCH3 is 1. The Hall–Kier alpha value is -1.56. The number of nitrogens with one attached hydrogen (secondary N) is 1. The highest BCUT2D eigenvalue weighted by atomic mass is 31.2. The molecule has 25 heavy (non-hydrogen) atoms. The molecule has 1 unspecified atom stereocenters. The van der Waals surface area contributed by atoms with E-state index in [1.54, 1.807) is 12.1 Å². The third-order valence-electron chi connectivity index (χ3n) is 3.46. The molecule has 1 aromatic rings.